The molecule has 20 atom stereocenters. The molecule has 356 valence electrons. The second kappa shape index (κ2) is 19.0. The summed E-state index contributed by atoms with van der Waals surface area (Å²) in [6, 6.07) is 5.07. The summed E-state index contributed by atoms with van der Waals surface area (Å²) in [5, 5.41) is 157. The van der Waals surface area contributed by atoms with Crippen LogP contribution < -0.4 is 14.9 Å². The van der Waals surface area contributed by atoms with E-state index in [1.807, 2.05) is 0 Å². The lowest BCUT2D eigenvalue weighted by molar-refractivity contribution is -0.362. The van der Waals surface area contributed by atoms with E-state index in [1.165, 1.54) is 13.8 Å². The SMILES string of the molecule is C[C@H]1O[C@H](OC[C@H]2O[C@@H](Oc3c(-c4ccc(O)c(O)c4)oc4cc(O[C@H]5O[C@H](C)[C@@H](O)[C@H](O)[C@@H]5O)cc(O)c4c3=O)[C@H](O[C@@H]3O[C@H](CO)[C@@H](O)[C@H](O)[C@H]3O)[C@@H](O)[C@@H]2O)[C@@H](O)[C@@H](O)[C@@H]1O. The minimum absolute atomic E-state index is 0.187. The Kier molecular flexibility index (Phi) is 14.2. The zero-order valence-corrected chi connectivity index (χ0v) is 33.6. The first-order valence-electron chi connectivity index (χ1n) is 19.9. The van der Waals surface area contributed by atoms with Crippen LogP contribution in [-0.2, 0) is 28.4 Å². The van der Waals surface area contributed by atoms with Crippen LogP contribution in [0.2, 0.25) is 0 Å². The van der Waals surface area contributed by atoms with Crippen molar-refractivity contribution < 1.29 is 119 Å². The predicted molar refractivity (Wildman–Crippen MR) is 204 cm³/mol. The van der Waals surface area contributed by atoms with Crippen molar-refractivity contribution in [2.45, 2.75) is 137 Å². The monoisotopic (exact) mass is 918 g/mol. The molecule has 4 aliphatic rings. The quantitative estimate of drug-likeness (QED) is 0.0798. The van der Waals surface area contributed by atoms with Crippen LogP contribution in [0.3, 0.4) is 0 Å². The lowest BCUT2D eigenvalue weighted by Crippen LogP contribution is -2.65. The van der Waals surface area contributed by atoms with Gasteiger partial charge >= 0.3 is 0 Å². The molecule has 0 spiro atoms. The van der Waals surface area contributed by atoms with Gasteiger partial charge in [0.2, 0.25) is 23.8 Å². The van der Waals surface area contributed by atoms with E-state index in [1.54, 1.807) is 0 Å². The number of aliphatic hydroxyl groups is 12. The molecule has 15 N–H and O–H groups in total. The number of ether oxygens (including phenoxy) is 8. The van der Waals surface area contributed by atoms with E-state index >= 15 is 0 Å². The third kappa shape index (κ3) is 9.06. The van der Waals surface area contributed by atoms with Gasteiger partial charge in [-0.2, -0.15) is 0 Å². The van der Waals surface area contributed by atoms with Crippen LogP contribution in [0, 0.1) is 0 Å². The standard InChI is InChI=1S/C39H50O25/c1-10-21(44)26(49)30(53)36(57-10)56-9-19-24(47)29(52)35(64-38-32(55)28(51)23(46)18(8-40)61-38)39(62-19)63-34-25(48)20-16(43)6-13(59-37-31(54)27(50)22(45)11(2)58-37)7-17(20)60-33(34)12-3-4-14(41)15(42)5-12/h3-7,10-11,18-19,21-24,26-32,35-47,49-55H,8-9H2,1-2H3/t10-,11-,18-,19-,21-,22-,23-,24-,26+,27+,28+,29+,30+,31+,32-,35-,36+,37-,38+,39+/m1/s1. The van der Waals surface area contributed by atoms with Gasteiger partial charge in [-0.05, 0) is 32.0 Å². The molecular formula is C39H50O25. The molecule has 0 aliphatic carbocycles. The summed E-state index contributed by atoms with van der Waals surface area (Å²) in [5.74, 6) is -3.91. The molecule has 64 heavy (non-hydrogen) atoms. The first-order chi connectivity index (χ1) is 30.2. The number of phenols is 3. The first-order valence-corrected chi connectivity index (χ1v) is 19.9. The van der Waals surface area contributed by atoms with Crippen molar-refractivity contribution in [3.63, 3.8) is 0 Å². The number of hydrogen-bond acceptors (Lipinski definition) is 25. The lowest BCUT2D eigenvalue weighted by Gasteiger charge is -2.46. The first kappa shape index (κ1) is 47.9. The van der Waals surface area contributed by atoms with E-state index in [0.717, 1.165) is 30.3 Å². The fourth-order valence-corrected chi connectivity index (χ4v) is 7.61. The molecule has 1 aromatic heterocycles. The third-order valence-corrected chi connectivity index (χ3v) is 11.5. The van der Waals surface area contributed by atoms with Gasteiger partial charge in [0.15, 0.2) is 35.9 Å². The number of phenolic OH excluding ortho intramolecular Hbond substituents is 3. The number of aromatic hydroxyl groups is 3. The summed E-state index contributed by atoms with van der Waals surface area (Å²) in [7, 11) is 0. The van der Waals surface area contributed by atoms with Crippen LogP contribution in [0.15, 0.2) is 39.5 Å². The van der Waals surface area contributed by atoms with E-state index in [2.05, 4.69) is 0 Å². The number of benzene rings is 2. The molecule has 4 fully saturated rings. The Morgan fingerprint density at radius 1 is 0.562 bits per heavy atom. The van der Waals surface area contributed by atoms with Crippen molar-refractivity contribution in [1.29, 1.82) is 0 Å². The zero-order chi connectivity index (χ0) is 46.6. The summed E-state index contributed by atoms with van der Waals surface area (Å²) in [4.78, 5) is 14.5. The maximum absolute atomic E-state index is 14.5. The third-order valence-electron chi connectivity index (χ3n) is 11.5. The van der Waals surface area contributed by atoms with Crippen molar-refractivity contribution in [3.8, 4) is 40.1 Å². The number of rotatable bonds is 11. The molecule has 25 nitrogen and oxygen atoms in total. The van der Waals surface area contributed by atoms with Crippen molar-refractivity contribution >= 4 is 11.0 Å². The van der Waals surface area contributed by atoms with Crippen molar-refractivity contribution in [3.05, 3.63) is 40.6 Å². The Morgan fingerprint density at radius 2 is 1.14 bits per heavy atom. The number of fused-ring (bicyclic) bond motifs is 1. The van der Waals surface area contributed by atoms with E-state index in [9.17, 15) is 81.4 Å². The van der Waals surface area contributed by atoms with Gasteiger partial charge in [-0.3, -0.25) is 4.79 Å². The Balaban J connectivity index is 1.28. The highest BCUT2D eigenvalue weighted by Crippen LogP contribution is 2.41. The minimum Gasteiger partial charge on any atom is -0.507 e. The Labute approximate surface area is 360 Å². The highest BCUT2D eigenvalue weighted by Gasteiger charge is 2.53. The number of hydrogen-bond donors (Lipinski definition) is 15. The summed E-state index contributed by atoms with van der Waals surface area (Å²) < 4.78 is 51.5. The molecule has 7 rings (SSSR count). The highest BCUT2D eigenvalue weighted by molar-refractivity contribution is 5.88. The second-order valence-corrected chi connectivity index (χ2v) is 15.9. The molecule has 0 unspecified atom stereocenters. The van der Waals surface area contributed by atoms with Gasteiger partial charge in [-0.1, -0.05) is 0 Å². The predicted octanol–water partition coefficient (Wildman–Crippen LogP) is -5.36. The molecule has 5 heterocycles. The van der Waals surface area contributed by atoms with Gasteiger partial charge in [0.05, 0.1) is 25.4 Å². The Hall–Kier alpha value is -4.07. The second-order valence-electron chi connectivity index (χ2n) is 15.9. The van der Waals surface area contributed by atoms with Crippen LogP contribution >= 0.6 is 0 Å². The molecule has 0 saturated carbocycles. The van der Waals surface area contributed by atoms with Gasteiger partial charge in [0, 0.05) is 17.7 Å². The summed E-state index contributed by atoms with van der Waals surface area (Å²) in [6.45, 7) is 1.10. The highest BCUT2D eigenvalue weighted by atomic mass is 16.8. The van der Waals surface area contributed by atoms with Crippen LogP contribution in [0.4, 0.5) is 0 Å². The molecule has 0 amide bonds. The molecule has 3 aromatic rings. The molecule has 0 radical (unpaired) electrons. The van der Waals surface area contributed by atoms with Crippen molar-refractivity contribution in [1.82, 2.24) is 0 Å². The van der Waals surface area contributed by atoms with Crippen LogP contribution in [0.1, 0.15) is 13.8 Å². The average Bonchev–Trinajstić information content (AvgIpc) is 3.26. The average molecular weight is 919 g/mol. The van der Waals surface area contributed by atoms with Gasteiger partial charge in [0.25, 0.3) is 0 Å². The van der Waals surface area contributed by atoms with E-state index in [0.29, 0.717) is 0 Å². The van der Waals surface area contributed by atoms with Crippen molar-refractivity contribution in [2.75, 3.05) is 13.2 Å². The van der Waals surface area contributed by atoms with Gasteiger partial charge in [-0.15, -0.1) is 0 Å². The van der Waals surface area contributed by atoms with Gasteiger partial charge < -0.3 is 119 Å². The molecule has 2 aromatic carbocycles. The summed E-state index contributed by atoms with van der Waals surface area (Å²) in [6.07, 6.45) is -34.9. The van der Waals surface area contributed by atoms with Crippen LogP contribution in [-0.4, -0.2) is 213 Å². The normalized spacial score (nSPS) is 40.6. The maximum atomic E-state index is 14.5. The Bertz CT molecular complexity index is 2150. The van der Waals surface area contributed by atoms with Crippen LogP contribution in [0.25, 0.3) is 22.3 Å². The fraction of sp³-hybridized carbons (Fsp3) is 0.615. The topological polar surface area (TPSA) is 408 Å². The lowest BCUT2D eigenvalue weighted by atomic mass is 9.97. The molecule has 0 bridgehead atoms. The zero-order valence-electron chi connectivity index (χ0n) is 33.6. The van der Waals surface area contributed by atoms with Crippen molar-refractivity contribution in [2.24, 2.45) is 0 Å². The number of aliphatic hydroxyl groups excluding tert-OH is 12. The molecular weight excluding hydrogens is 868 g/mol. The molecule has 4 saturated heterocycles. The van der Waals surface area contributed by atoms with Crippen LogP contribution in [0.5, 0.6) is 28.7 Å². The smallest absolute Gasteiger partial charge is 0.239 e. The van der Waals surface area contributed by atoms with E-state index in [4.69, 9.17) is 42.3 Å². The van der Waals surface area contributed by atoms with Gasteiger partial charge in [-0.25, -0.2) is 0 Å². The molecule has 4 aliphatic heterocycles. The largest absolute Gasteiger partial charge is 0.507 e. The maximum Gasteiger partial charge on any atom is 0.239 e. The Morgan fingerprint density at radius 3 is 1.78 bits per heavy atom. The van der Waals surface area contributed by atoms with Gasteiger partial charge in [0.1, 0.15) is 102 Å². The molecule has 25 heteroatoms. The summed E-state index contributed by atoms with van der Waals surface area (Å²) >= 11 is 0. The van der Waals surface area contributed by atoms with E-state index < -0.39 is 181 Å². The fourth-order valence-electron chi connectivity index (χ4n) is 7.61. The summed E-state index contributed by atoms with van der Waals surface area (Å²) in [5.41, 5.74) is -1.83. The van der Waals surface area contributed by atoms with E-state index in [-0.39, 0.29) is 11.3 Å². The minimum atomic E-state index is -2.16.